The number of pyridine rings is 1. The SMILES string of the molecule is CCN(CC)CCSc1nc(C)cc(C)c1C#N.Cl. The molecule has 0 saturated carbocycles. The lowest BCUT2D eigenvalue weighted by Gasteiger charge is -2.17. The standard InChI is InChI=1S/C14H21N3S.ClH/c1-5-17(6-2)7-8-18-14-13(10-15)11(3)9-12(4)16-14;/h9H,5-8H2,1-4H3;1H. The van der Waals surface area contributed by atoms with Crippen LogP contribution in [0.2, 0.25) is 0 Å². The molecule has 0 saturated heterocycles. The molecule has 0 atom stereocenters. The molecule has 0 radical (unpaired) electrons. The average Bonchev–Trinajstić information content (AvgIpc) is 2.34. The molecule has 5 heteroatoms. The van der Waals surface area contributed by atoms with Crippen LogP contribution in [0.15, 0.2) is 11.1 Å². The van der Waals surface area contributed by atoms with Gasteiger partial charge in [-0.3, -0.25) is 0 Å². The molecule has 0 aliphatic rings. The zero-order valence-corrected chi connectivity index (χ0v) is 13.7. The van der Waals surface area contributed by atoms with E-state index in [1.807, 2.05) is 19.9 Å². The Morgan fingerprint density at radius 3 is 2.47 bits per heavy atom. The van der Waals surface area contributed by atoms with Crippen molar-refractivity contribution in [1.29, 1.82) is 5.26 Å². The van der Waals surface area contributed by atoms with Crippen LogP contribution in [-0.2, 0) is 0 Å². The second-order valence-corrected chi connectivity index (χ2v) is 5.33. The minimum atomic E-state index is 0. The molecule has 1 heterocycles. The maximum Gasteiger partial charge on any atom is 0.114 e. The summed E-state index contributed by atoms with van der Waals surface area (Å²) in [6.45, 7) is 11.5. The summed E-state index contributed by atoms with van der Waals surface area (Å²) >= 11 is 1.68. The van der Waals surface area contributed by atoms with Crippen LogP contribution < -0.4 is 0 Å². The van der Waals surface area contributed by atoms with Crippen molar-refractivity contribution in [3.05, 3.63) is 22.9 Å². The number of nitrogens with zero attached hydrogens (tertiary/aromatic N) is 3. The van der Waals surface area contributed by atoms with Gasteiger partial charge < -0.3 is 4.90 Å². The Bertz CT molecular complexity index is 439. The zero-order valence-electron chi connectivity index (χ0n) is 12.1. The number of aromatic nitrogens is 1. The summed E-state index contributed by atoms with van der Waals surface area (Å²) in [6, 6.07) is 4.23. The molecule has 106 valence electrons. The topological polar surface area (TPSA) is 39.9 Å². The van der Waals surface area contributed by atoms with Crippen LogP contribution in [0.4, 0.5) is 0 Å². The average molecular weight is 300 g/mol. The summed E-state index contributed by atoms with van der Waals surface area (Å²) in [5.41, 5.74) is 2.73. The van der Waals surface area contributed by atoms with Gasteiger partial charge in [0.25, 0.3) is 0 Å². The summed E-state index contributed by atoms with van der Waals surface area (Å²) in [7, 11) is 0. The highest BCUT2D eigenvalue weighted by molar-refractivity contribution is 7.99. The van der Waals surface area contributed by atoms with Gasteiger partial charge in [-0.2, -0.15) is 5.26 Å². The Kier molecular flexibility index (Phi) is 8.82. The Balaban J connectivity index is 0.00000324. The van der Waals surface area contributed by atoms with E-state index in [2.05, 4.69) is 29.8 Å². The van der Waals surface area contributed by atoms with Crippen molar-refractivity contribution in [2.75, 3.05) is 25.4 Å². The number of nitriles is 1. The Labute approximate surface area is 126 Å². The first-order chi connectivity index (χ1) is 8.62. The van der Waals surface area contributed by atoms with Crippen LogP contribution in [0.25, 0.3) is 0 Å². The number of hydrogen-bond donors (Lipinski definition) is 0. The third-order valence-electron chi connectivity index (χ3n) is 2.96. The van der Waals surface area contributed by atoms with Gasteiger partial charge in [-0.25, -0.2) is 4.98 Å². The van der Waals surface area contributed by atoms with E-state index in [0.717, 1.165) is 47.2 Å². The van der Waals surface area contributed by atoms with Crippen LogP contribution in [0, 0.1) is 25.2 Å². The van der Waals surface area contributed by atoms with E-state index in [1.165, 1.54) is 0 Å². The summed E-state index contributed by atoms with van der Waals surface area (Å²) in [5.74, 6) is 0.978. The van der Waals surface area contributed by atoms with Crippen molar-refractivity contribution >= 4 is 24.2 Å². The molecule has 0 fully saturated rings. The maximum absolute atomic E-state index is 9.18. The van der Waals surface area contributed by atoms with E-state index < -0.39 is 0 Å². The van der Waals surface area contributed by atoms with Crippen LogP contribution in [0.3, 0.4) is 0 Å². The molecule has 0 aliphatic heterocycles. The lowest BCUT2D eigenvalue weighted by molar-refractivity contribution is 0.324. The van der Waals surface area contributed by atoms with Gasteiger partial charge in [-0.05, 0) is 38.6 Å². The van der Waals surface area contributed by atoms with Gasteiger partial charge >= 0.3 is 0 Å². The minimum Gasteiger partial charge on any atom is -0.303 e. The molecule has 1 aromatic rings. The molecule has 0 aliphatic carbocycles. The van der Waals surface area contributed by atoms with Gasteiger partial charge in [0.15, 0.2) is 0 Å². The van der Waals surface area contributed by atoms with Gasteiger partial charge in [0, 0.05) is 18.0 Å². The highest BCUT2D eigenvalue weighted by Gasteiger charge is 2.09. The molecule has 1 rings (SSSR count). The highest BCUT2D eigenvalue weighted by atomic mass is 35.5. The maximum atomic E-state index is 9.18. The first kappa shape index (κ1) is 18.2. The zero-order chi connectivity index (χ0) is 13.5. The molecule has 0 bridgehead atoms. The summed E-state index contributed by atoms with van der Waals surface area (Å²) in [5, 5.41) is 10.1. The number of halogens is 1. The molecule has 1 aromatic heterocycles. The van der Waals surface area contributed by atoms with Crippen LogP contribution in [0.5, 0.6) is 0 Å². The van der Waals surface area contributed by atoms with Crippen molar-refractivity contribution in [3.63, 3.8) is 0 Å². The third-order valence-corrected chi connectivity index (χ3v) is 3.92. The smallest absolute Gasteiger partial charge is 0.114 e. The van der Waals surface area contributed by atoms with Crippen LogP contribution in [0.1, 0.15) is 30.7 Å². The lowest BCUT2D eigenvalue weighted by atomic mass is 10.1. The number of thioether (sulfide) groups is 1. The second-order valence-electron chi connectivity index (χ2n) is 4.25. The summed E-state index contributed by atoms with van der Waals surface area (Å²) in [4.78, 5) is 6.85. The monoisotopic (exact) mass is 299 g/mol. The first-order valence-corrected chi connectivity index (χ1v) is 7.34. The van der Waals surface area contributed by atoms with Gasteiger partial charge in [0.05, 0.1) is 5.56 Å². The van der Waals surface area contributed by atoms with E-state index in [9.17, 15) is 5.26 Å². The van der Waals surface area contributed by atoms with Gasteiger partial charge in [-0.15, -0.1) is 24.2 Å². The second kappa shape index (κ2) is 9.19. The summed E-state index contributed by atoms with van der Waals surface area (Å²) < 4.78 is 0. The van der Waals surface area contributed by atoms with Gasteiger partial charge in [-0.1, -0.05) is 13.8 Å². The van der Waals surface area contributed by atoms with Gasteiger partial charge in [0.1, 0.15) is 11.1 Å². The Morgan fingerprint density at radius 2 is 1.95 bits per heavy atom. The highest BCUT2D eigenvalue weighted by Crippen LogP contribution is 2.23. The molecule has 0 amide bonds. The van der Waals surface area contributed by atoms with E-state index in [1.54, 1.807) is 11.8 Å². The predicted octanol–water partition coefficient (Wildman–Crippen LogP) is 3.43. The molecule has 0 N–H and O–H groups in total. The van der Waals surface area contributed by atoms with Crippen LogP contribution in [-0.4, -0.2) is 35.3 Å². The summed E-state index contributed by atoms with van der Waals surface area (Å²) in [6.07, 6.45) is 0. The van der Waals surface area contributed by atoms with Crippen molar-refractivity contribution in [2.24, 2.45) is 0 Å². The molecular formula is C14H22ClN3S. The fourth-order valence-corrected chi connectivity index (χ4v) is 2.96. The van der Waals surface area contributed by atoms with Crippen molar-refractivity contribution in [2.45, 2.75) is 32.7 Å². The fraction of sp³-hybridized carbons (Fsp3) is 0.571. The quantitative estimate of drug-likeness (QED) is 0.755. The van der Waals surface area contributed by atoms with Crippen LogP contribution >= 0.6 is 24.2 Å². The molecule has 0 aromatic carbocycles. The Hall–Kier alpha value is -0.760. The van der Waals surface area contributed by atoms with E-state index in [4.69, 9.17) is 0 Å². The molecule has 0 spiro atoms. The van der Waals surface area contributed by atoms with Gasteiger partial charge in [0.2, 0.25) is 0 Å². The van der Waals surface area contributed by atoms with Crippen molar-refractivity contribution in [3.8, 4) is 6.07 Å². The number of rotatable bonds is 6. The normalized spacial score (nSPS) is 10.1. The molecule has 0 unspecified atom stereocenters. The van der Waals surface area contributed by atoms with E-state index >= 15 is 0 Å². The predicted molar refractivity (Wildman–Crippen MR) is 84.2 cm³/mol. The Morgan fingerprint density at radius 1 is 1.32 bits per heavy atom. The number of hydrogen-bond acceptors (Lipinski definition) is 4. The minimum absolute atomic E-state index is 0. The lowest BCUT2D eigenvalue weighted by Crippen LogP contribution is -2.25. The molecular weight excluding hydrogens is 278 g/mol. The van der Waals surface area contributed by atoms with Crippen molar-refractivity contribution < 1.29 is 0 Å². The fourth-order valence-electron chi connectivity index (χ4n) is 1.85. The third kappa shape index (κ3) is 5.40. The largest absolute Gasteiger partial charge is 0.303 e. The van der Waals surface area contributed by atoms with E-state index in [-0.39, 0.29) is 12.4 Å². The van der Waals surface area contributed by atoms with Crippen molar-refractivity contribution in [1.82, 2.24) is 9.88 Å². The number of aryl methyl sites for hydroxylation is 2. The van der Waals surface area contributed by atoms with E-state index in [0.29, 0.717) is 0 Å². The molecule has 3 nitrogen and oxygen atoms in total. The first-order valence-electron chi connectivity index (χ1n) is 6.35. The molecule has 19 heavy (non-hydrogen) atoms.